The first-order chi connectivity index (χ1) is 14.0. The van der Waals surface area contributed by atoms with Gasteiger partial charge in [-0.3, -0.25) is 14.7 Å². The van der Waals surface area contributed by atoms with Gasteiger partial charge in [-0.25, -0.2) is 0 Å². The summed E-state index contributed by atoms with van der Waals surface area (Å²) in [5, 5.41) is 3.51. The summed E-state index contributed by atoms with van der Waals surface area (Å²) >= 11 is 0. The van der Waals surface area contributed by atoms with Gasteiger partial charge in [0.25, 0.3) is 0 Å². The number of nitrogens with one attached hydrogen (secondary N) is 1. The highest BCUT2D eigenvalue weighted by molar-refractivity contribution is 5.80. The van der Waals surface area contributed by atoms with Crippen LogP contribution in [-0.2, 0) is 9.53 Å². The van der Waals surface area contributed by atoms with Crippen molar-refractivity contribution in [2.45, 2.75) is 26.9 Å². The van der Waals surface area contributed by atoms with Crippen LogP contribution in [0.1, 0.15) is 29.7 Å². The van der Waals surface area contributed by atoms with Crippen LogP contribution in [0.25, 0.3) is 0 Å². The number of carbonyl (C=O) groups is 1. The third kappa shape index (κ3) is 5.70. The fraction of sp³-hybridized carbons (Fsp3) is 0.636. The second-order valence-electron chi connectivity index (χ2n) is 7.99. The van der Waals surface area contributed by atoms with Crippen LogP contribution in [0.15, 0.2) is 23.2 Å². The average molecular weight is 402 g/mol. The van der Waals surface area contributed by atoms with E-state index in [1.54, 1.807) is 6.92 Å². The zero-order chi connectivity index (χ0) is 20.8. The number of aliphatic imine (C=N–C) groups is 1. The van der Waals surface area contributed by atoms with Crippen molar-refractivity contribution in [1.29, 1.82) is 0 Å². The van der Waals surface area contributed by atoms with Gasteiger partial charge in [0.05, 0.1) is 13.2 Å². The summed E-state index contributed by atoms with van der Waals surface area (Å²) in [4.78, 5) is 22.6. The van der Waals surface area contributed by atoms with Crippen molar-refractivity contribution < 1.29 is 9.53 Å². The number of nitrogens with zero attached hydrogens (tertiary/aromatic N) is 4. The minimum atomic E-state index is 0.0718. The molecule has 1 aromatic rings. The van der Waals surface area contributed by atoms with E-state index in [4.69, 9.17) is 4.74 Å². The fourth-order valence-electron chi connectivity index (χ4n) is 4.16. The largest absolute Gasteiger partial charge is 0.370 e. The Hall–Kier alpha value is -2.12. The van der Waals surface area contributed by atoms with Crippen molar-refractivity contribution in [3.63, 3.8) is 0 Å². The van der Waals surface area contributed by atoms with Crippen LogP contribution in [0.4, 0.5) is 0 Å². The van der Waals surface area contributed by atoms with Gasteiger partial charge in [-0.1, -0.05) is 23.8 Å². The second-order valence-corrected chi connectivity index (χ2v) is 7.99. The third-order valence-corrected chi connectivity index (χ3v) is 5.88. The molecular formula is C22H35N5O2. The maximum absolute atomic E-state index is 11.5. The molecule has 2 saturated heterocycles. The summed E-state index contributed by atoms with van der Waals surface area (Å²) < 4.78 is 6.07. The minimum Gasteiger partial charge on any atom is -0.370 e. The molecule has 160 valence electrons. The second kappa shape index (κ2) is 10.1. The lowest BCUT2D eigenvalue weighted by Gasteiger charge is -2.37. The molecule has 2 aliphatic heterocycles. The van der Waals surface area contributed by atoms with Crippen molar-refractivity contribution in [2.24, 2.45) is 4.99 Å². The molecule has 1 amide bonds. The topological polar surface area (TPSA) is 60.4 Å². The average Bonchev–Trinajstić information content (AvgIpc) is 2.71. The van der Waals surface area contributed by atoms with Gasteiger partial charge >= 0.3 is 0 Å². The Morgan fingerprint density at radius 2 is 1.93 bits per heavy atom. The highest BCUT2D eigenvalue weighted by Gasteiger charge is 2.25. The van der Waals surface area contributed by atoms with Gasteiger partial charge in [0, 0.05) is 59.8 Å². The van der Waals surface area contributed by atoms with E-state index in [0.717, 1.165) is 58.3 Å². The van der Waals surface area contributed by atoms with Crippen LogP contribution in [0.5, 0.6) is 0 Å². The van der Waals surface area contributed by atoms with Gasteiger partial charge in [0.1, 0.15) is 6.10 Å². The standard InChI is InChI=1S/C22H35N5O2/c1-17-5-6-20(18(2)15-17)21-16-27(13-14-29-21)22(23-4)24-7-8-25-9-11-26(12-10-25)19(3)28/h5-6,15,21H,7-14,16H2,1-4H3,(H,23,24). The summed E-state index contributed by atoms with van der Waals surface area (Å²) in [7, 11) is 1.84. The molecule has 2 aliphatic rings. The number of guanidine groups is 1. The van der Waals surface area contributed by atoms with E-state index >= 15 is 0 Å². The quantitative estimate of drug-likeness (QED) is 0.611. The third-order valence-electron chi connectivity index (χ3n) is 5.88. The molecule has 7 nitrogen and oxygen atoms in total. The minimum absolute atomic E-state index is 0.0718. The summed E-state index contributed by atoms with van der Waals surface area (Å²) in [5.41, 5.74) is 3.82. The molecule has 0 spiro atoms. The van der Waals surface area contributed by atoms with Gasteiger partial charge in [-0.15, -0.1) is 0 Å². The Balaban J connectivity index is 1.49. The number of rotatable bonds is 4. The highest BCUT2D eigenvalue weighted by atomic mass is 16.5. The Morgan fingerprint density at radius 1 is 1.17 bits per heavy atom. The molecule has 0 bridgehead atoms. The van der Waals surface area contributed by atoms with Crippen LogP contribution in [0, 0.1) is 13.8 Å². The molecule has 1 atom stereocenters. The molecule has 3 rings (SSSR count). The molecular weight excluding hydrogens is 366 g/mol. The van der Waals surface area contributed by atoms with Crippen LogP contribution < -0.4 is 5.32 Å². The first kappa shape index (κ1) is 21.6. The monoisotopic (exact) mass is 401 g/mol. The first-order valence-corrected chi connectivity index (χ1v) is 10.6. The number of hydrogen-bond donors (Lipinski definition) is 1. The summed E-state index contributed by atoms with van der Waals surface area (Å²) in [6, 6.07) is 6.57. The molecule has 1 N–H and O–H groups in total. The number of carbonyl (C=O) groups excluding carboxylic acids is 1. The Kier molecular flexibility index (Phi) is 7.50. The predicted molar refractivity (Wildman–Crippen MR) is 116 cm³/mol. The number of ether oxygens (including phenoxy) is 1. The molecule has 0 aliphatic carbocycles. The van der Waals surface area contributed by atoms with E-state index in [9.17, 15) is 4.79 Å². The Bertz CT molecular complexity index is 728. The lowest BCUT2D eigenvalue weighted by Crippen LogP contribution is -2.52. The number of aryl methyl sites for hydroxylation is 2. The molecule has 2 fully saturated rings. The molecule has 1 unspecified atom stereocenters. The molecule has 1 aromatic carbocycles. The van der Waals surface area contributed by atoms with Gasteiger partial charge < -0.3 is 19.9 Å². The van der Waals surface area contributed by atoms with Gasteiger partial charge in [-0.05, 0) is 25.0 Å². The summed E-state index contributed by atoms with van der Waals surface area (Å²) in [6.07, 6.45) is 0.0718. The van der Waals surface area contributed by atoms with E-state index in [1.807, 2.05) is 11.9 Å². The molecule has 29 heavy (non-hydrogen) atoms. The van der Waals surface area contributed by atoms with Crippen molar-refractivity contribution in [2.75, 3.05) is 66.0 Å². The van der Waals surface area contributed by atoms with Gasteiger partial charge in [0.2, 0.25) is 5.91 Å². The van der Waals surface area contributed by atoms with E-state index < -0.39 is 0 Å². The molecule has 0 radical (unpaired) electrons. The number of hydrogen-bond acceptors (Lipinski definition) is 4. The van der Waals surface area contributed by atoms with Crippen LogP contribution in [-0.4, -0.2) is 92.6 Å². The highest BCUT2D eigenvalue weighted by Crippen LogP contribution is 2.25. The number of amides is 1. The van der Waals surface area contributed by atoms with Crippen LogP contribution in [0.2, 0.25) is 0 Å². The van der Waals surface area contributed by atoms with Crippen molar-refractivity contribution in [1.82, 2.24) is 20.0 Å². The molecule has 0 aromatic heterocycles. The zero-order valence-electron chi connectivity index (χ0n) is 18.3. The van der Waals surface area contributed by atoms with Crippen molar-refractivity contribution in [3.8, 4) is 0 Å². The maximum atomic E-state index is 11.5. The molecule has 7 heteroatoms. The van der Waals surface area contributed by atoms with E-state index in [1.165, 1.54) is 16.7 Å². The Morgan fingerprint density at radius 3 is 2.59 bits per heavy atom. The smallest absolute Gasteiger partial charge is 0.219 e. The van der Waals surface area contributed by atoms with E-state index in [2.05, 4.69) is 52.2 Å². The van der Waals surface area contributed by atoms with Crippen LogP contribution >= 0.6 is 0 Å². The molecule has 0 saturated carbocycles. The van der Waals surface area contributed by atoms with Crippen molar-refractivity contribution in [3.05, 3.63) is 34.9 Å². The number of piperazine rings is 1. The number of morpholine rings is 1. The van der Waals surface area contributed by atoms with Gasteiger partial charge in [-0.2, -0.15) is 0 Å². The molecule has 2 heterocycles. The normalized spacial score (nSPS) is 21.4. The summed E-state index contributed by atoms with van der Waals surface area (Å²) in [6.45, 7) is 13.6. The van der Waals surface area contributed by atoms with E-state index in [-0.39, 0.29) is 12.0 Å². The predicted octanol–water partition coefficient (Wildman–Crippen LogP) is 1.42. The zero-order valence-corrected chi connectivity index (χ0v) is 18.3. The Labute approximate surface area is 174 Å². The maximum Gasteiger partial charge on any atom is 0.219 e. The lowest BCUT2D eigenvalue weighted by molar-refractivity contribution is -0.130. The SMILES string of the molecule is CN=C(NCCN1CCN(C(C)=O)CC1)N1CCOC(c2ccc(C)cc2C)C1. The fourth-order valence-corrected chi connectivity index (χ4v) is 4.16. The number of benzene rings is 1. The van der Waals surface area contributed by atoms with Gasteiger partial charge in [0.15, 0.2) is 5.96 Å². The van der Waals surface area contributed by atoms with Crippen LogP contribution in [0.3, 0.4) is 0 Å². The first-order valence-electron chi connectivity index (χ1n) is 10.6. The summed E-state index contributed by atoms with van der Waals surface area (Å²) in [5.74, 6) is 1.11. The lowest BCUT2D eigenvalue weighted by atomic mass is 10.00. The van der Waals surface area contributed by atoms with Crippen molar-refractivity contribution >= 4 is 11.9 Å². The van der Waals surface area contributed by atoms with E-state index in [0.29, 0.717) is 6.61 Å².